The maximum atomic E-state index is 12.0. The lowest BCUT2D eigenvalue weighted by Gasteiger charge is -2.39. The zero-order valence-corrected chi connectivity index (χ0v) is 17.1. The van der Waals surface area contributed by atoms with E-state index in [0.717, 1.165) is 6.42 Å². The van der Waals surface area contributed by atoms with Crippen LogP contribution in [0, 0.1) is 12.8 Å². The molecule has 0 saturated heterocycles. The van der Waals surface area contributed by atoms with Crippen LogP contribution >= 0.6 is 11.9 Å². The predicted molar refractivity (Wildman–Crippen MR) is 107 cm³/mol. The van der Waals surface area contributed by atoms with Crippen LogP contribution in [0.5, 0.6) is 0 Å². The van der Waals surface area contributed by atoms with Gasteiger partial charge in [-0.3, -0.25) is 9.52 Å². The molecule has 2 unspecified atom stereocenters. The molecule has 138 valence electrons. The van der Waals surface area contributed by atoms with Crippen molar-refractivity contribution in [2.24, 2.45) is 5.92 Å². The molecule has 0 heterocycles. The summed E-state index contributed by atoms with van der Waals surface area (Å²) in [6, 6.07) is 8.82. The molecule has 1 aromatic rings. The molecule has 1 N–H and O–H groups in total. The average molecular weight is 362 g/mol. The lowest BCUT2D eigenvalue weighted by atomic mass is 9.71. The maximum Gasteiger partial charge on any atom is 0.307 e. The van der Waals surface area contributed by atoms with E-state index in [0.29, 0.717) is 18.9 Å². The normalized spacial score (nSPS) is 18.7. The molecule has 0 spiro atoms. The van der Waals surface area contributed by atoms with Gasteiger partial charge in [0.1, 0.15) is 0 Å². The number of aryl methyl sites for hydroxylation is 1. The molecule has 0 radical (unpaired) electrons. The Morgan fingerprint density at radius 2 is 1.92 bits per heavy atom. The fourth-order valence-electron chi connectivity index (χ4n) is 3.09. The molecular formula is C21H31NO2S. The van der Waals surface area contributed by atoms with Crippen LogP contribution in [0.3, 0.4) is 0 Å². The Morgan fingerprint density at radius 1 is 1.28 bits per heavy atom. The Bertz CT molecular complexity index is 628. The molecule has 2 atom stereocenters. The molecule has 0 aliphatic heterocycles. The summed E-state index contributed by atoms with van der Waals surface area (Å²) in [6.45, 7) is 13.1. The van der Waals surface area contributed by atoms with Gasteiger partial charge in [-0.05, 0) is 59.1 Å². The molecule has 3 nitrogen and oxygen atoms in total. The minimum atomic E-state index is -0.119. The second-order valence-electron chi connectivity index (χ2n) is 7.79. The van der Waals surface area contributed by atoms with E-state index in [2.05, 4.69) is 63.6 Å². The van der Waals surface area contributed by atoms with Gasteiger partial charge >= 0.3 is 5.97 Å². The first kappa shape index (κ1) is 20.1. The van der Waals surface area contributed by atoms with E-state index in [9.17, 15) is 4.79 Å². The number of carbonyl (C=O) groups excluding carboxylic acids is 1. The standard InChI is InChI=1S/C21H31NO2S/c1-7-24-20(23)13-19(22-25-21(4,5)6)18-12-17(15(18)3)16-10-8-14(2)9-11-16/h8-11,18-19,22H,7,12-13H2,1-6H3. The van der Waals surface area contributed by atoms with Crippen molar-refractivity contribution in [3.63, 3.8) is 0 Å². The average Bonchev–Trinajstić information content (AvgIpc) is 2.52. The molecule has 0 fully saturated rings. The van der Waals surface area contributed by atoms with Crippen LogP contribution in [0.4, 0.5) is 0 Å². The van der Waals surface area contributed by atoms with Crippen molar-refractivity contribution in [2.45, 2.75) is 65.2 Å². The van der Waals surface area contributed by atoms with E-state index < -0.39 is 0 Å². The first-order valence-corrected chi connectivity index (χ1v) is 9.88. The molecule has 0 bridgehead atoms. The first-order valence-electron chi connectivity index (χ1n) is 9.07. The van der Waals surface area contributed by atoms with Gasteiger partial charge in [0, 0.05) is 16.7 Å². The summed E-state index contributed by atoms with van der Waals surface area (Å²) in [5.41, 5.74) is 5.39. The highest BCUT2D eigenvalue weighted by Gasteiger charge is 2.35. The molecule has 2 rings (SSSR count). The van der Waals surface area contributed by atoms with Crippen molar-refractivity contribution in [1.82, 2.24) is 4.72 Å². The monoisotopic (exact) mass is 361 g/mol. The largest absolute Gasteiger partial charge is 0.466 e. The fourth-order valence-corrected chi connectivity index (χ4v) is 3.84. The molecule has 0 saturated carbocycles. The zero-order chi connectivity index (χ0) is 18.6. The van der Waals surface area contributed by atoms with Crippen LogP contribution in [0.1, 0.15) is 58.6 Å². The maximum absolute atomic E-state index is 12.0. The summed E-state index contributed by atoms with van der Waals surface area (Å²) in [7, 11) is 0. The second-order valence-corrected chi connectivity index (χ2v) is 9.45. The van der Waals surface area contributed by atoms with Crippen LogP contribution in [0.25, 0.3) is 5.57 Å². The van der Waals surface area contributed by atoms with Gasteiger partial charge in [0.05, 0.1) is 13.0 Å². The molecular weight excluding hydrogens is 330 g/mol. The number of carbonyl (C=O) groups is 1. The Hall–Kier alpha value is -1.26. The van der Waals surface area contributed by atoms with Crippen LogP contribution in [-0.4, -0.2) is 23.4 Å². The third kappa shape index (κ3) is 5.61. The van der Waals surface area contributed by atoms with E-state index in [1.54, 1.807) is 11.9 Å². The second kappa shape index (κ2) is 8.41. The van der Waals surface area contributed by atoms with Gasteiger partial charge in [0.15, 0.2) is 0 Å². The fraction of sp³-hybridized carbons (Fsp3) is 0.571. The molecule has 1 aromatic carbocycles. The van der Waals surface area contributed by atoms with E-state index in [-0.39, 0.29) is 16.8 Å². The molecule has 25 heavy (non-hydrogen) atoms. The van der Waals surface area contributed by atoms with Crippen LogP contribution < -0.4 is 4.72 Å². The van der Waals surface area contributed by atoms with Crippen molar-refractivity contribution >= 4 is 23.5 Å². The number of rotatable bonds is 7. The number of hydrogen-bond acceptors (Lipinski definition) is 4. The van der Waals surface area contributed by atoms with Crippen molar-refractivity contribution in [3.05, 3.63) is 41.0 Å². The third-order valence-corrected chi connectivity index (χ3v) is 5.58. The van der Waals surface area contributed by atoms with Crippen LogP contribution in [0.2, 0.25) is 0 Å². The van der Waals surface area contributed by atoms with Gasteiger partial charge in [0.25, 0.3) is 0 Å². The van der Waals surface area contributed by atoms with E-state index in [1.165, 1.54) is 22.3 Å². The third-order valence-electron chi connectivity index (χ3n) is 4.55. The SMILES string of the molecule is CCOC(=O)CC(NSC(C)(C)C)C1CC(c2ccc(C)cc2)=C1C. The summed E-state index contributed by atoms with van der Waals surface area (Å²) < 4.78 is 8.83. The van der Waals surface area contributed by atoms with Crippen LogP contribution in [0.15, 0.2) is 29.8 Å². The highest BCUT2D eigenvalue weighted by atomic mass is 32.2. The lowest BCUT2D eigenvalue weighted by Crippen LogP contribution is -2.40. The summed E-state index contributed by atoms with van der Waals surface area (Å²) in [4.78, 5) is 12.0. The molecule has 4 heteroatoms. The number of esters is 1. The van der Waals surface area contributed by atoms with Gasteiger partial charge in [-0.15, -0.1) is 0 Å². The summed E-state index contributed by atoms with van der Waals surface area (Å²) in [5, 5.41) is 0. The van der Waals surface area contributed by atoms with Crippen molar-refractivity contribution in [1.29, 1.82) is 0 Å². The van der Waals surface area contributed by atoms with E-state index in [1.807, 2.05) is 6.92 Å². The molecule has 0 amide bonds. The smallest absolute Gasteiger partial charge is 0.307 e. The van der Waals surface area contributed by atoms with Gasteiger partial charge < -0.3 is 4.74 Å². The predicted octanol–water partition coefficient (Wildman–Crippen LogP) is 5.15. The Kier molecular flexibility index (Phi) is 6.75. The van der Waals surface area contributed by atoms with E-state index in [4.69, 9.17) is 4.74 Å². The number of nitrogens with one attached hydrogen (secondary N) is 1. The minimum absolute atomic E-state index is 0.105. The van der Waals surface area contributed by atoms with Gasteiger partial charge in [-0.1, -0.05) is 47.3 Å². The molecule has 1 aliphatic rings. The minimum Gasteiger partial charge on any atom is -0.466 e. The van der Waals surface area contributed by atoms with Crippen molar-refractivity contribution in [3.8, 4) is 0 Å². The summed E-state index contributed by atoms with van der Waals surface area (Å²) in [5.74, 6) is 0.265. The Labute approximate surface area is 156 Å². The quantitative estimate of drug-likeness (QED) is 0.539. The lowest BCUT2D eigenvalue weighted by molar-refractivity contribution is -0.143. The Morgan fingerprint density at radius 3 is 2.44 bits per heavy atom. The highest BCUT2D eigenvalue weighted by Crippen LogP contribution is 2.44. The number of hydrogen-bond donors (Lipinski definition) is 1. The zero-order valence-electron chi connectivity index (χ0n) is 16.3. The first-order chi connectivity index (χ1) is 11.7. The van der Waals surface area contributed by atoms with Crippen molar-refractivity contribution < 1.29 is 9.53 Å². The number of benzene rings is 1. The Balaban J connectivity index is 2.12. The van der Waals surface area contributed by atoms with Gasteiger partial charge in [0.2, 0.25) is 0 Å². The molecule has 1 aliphatic carbocycles. The summed E-state index contributed by atoms with van der Waals surface area (Å²) in [6.07, 6.45) is 1.43. The van der Waals surface area contributed by atoms with Crippen LogP contribution in [-0.2, 0) is 9.53 Å². The van der Waals surface area contributed by atoms with E-state index >= 15 is 0 Å². The molecule has 0 aromatic heterocycles. The number of ether oxygens (including phenoxy) is 1. The van der Waals surface area contributed by atoms with Crippen molar-refractivity contribution in [2.75, 3.05) is 6.61 Å². The van der Waals surface area contributed by atoms with Gasteiger partial charge in [-0.2, -0.15) is 0 Å². The number of allylic oxidation sites excluding steroid dienone is 1. The topological polar surface area (TPSA) is 38.3 Å². The van der Waals surface area contributed by atoms with Gasteiger partial charge in [-0.25, -0.2) is 0 Å². The summed E-state index contributed by atoms with van der Waals surface area (Å²) >= 11 is 1.70. The highest BCUT2D eigenvalue weighted by molar-refractivity contribution is 7.98.